The van der Waals surface area contributed by atoms with Gasteiger partial charge in [0.25, 0.3) is 0 Å². The van der Waals surface area contributed by atoms with Gasteiger partial charge in [-0.25, -0.2) is 0 Å². The van der Waals surface area contributed by atoms with Gasteiger partial charge in [-0.1, -0.05) is 12.8 Å². The second kappa shape index (κ2) is 5.91. The maximum atomic E-state index is 10.6. The number of likely N-dealkylation sites (N-methyl/N-ethyl adjacent to an activating group) is 1. The quantitative estimate of drug-likeness (QED) is 0.859. The van der Waals surface area contributed by atoms with Gasteiger partial charge in [-0.2, -0.15) is 0 Å². The summed E-state index contributed by atoms with van der Waals surface area (Å²) in [5.41, 5.74) is -0.385. The van der Waals surface area contributed by atoms with Gasteiger partial charge in [-0.05, 0) is 45.6 Å². The van der Waals surface area contributed by atoms with Gasteiger partial charge >= 0.3 is 0 Å². The summed E-state index contributed by atoms with van der Waals surface area (Å²) in [4.78, 5) is 2.39. The second-order valence-corrected chi connectivity index (χ2v) is 7.14. The first-order chi connectivity index (χ1) is 9.61. The van der Waals surface area contributed by atoms with Crippen molar-refractivity contribution in [2.24, 2.45) is 0 Å². The number of nitrogens with zero attached hydrogens (tertiary/aromatic N) is 1. The Morgan fingerprint density at radius 1 is 1.10 bits per heavy atom. The number of rotatable bonds is 3. The monoisotopic (exact) mass is 283 g/mol. The van der Waals surface area contributed by atoms with Gasteiger partial charge in [0.15, 0.2) is 0 Å². The summed E-state index contributed by atoms with van der Waals surface area (Å²) in [6.07, 6.45) is 8.55. The highest BCUT2D eigenvalue weighted by Crippen LogP contribution is 2.37. The van der Waals surface area contributed by atoms with Crippen molar-refractivity contribution in [2.75, 3.05) is 33.4 Å². The fourth-order valence-corrected chi connectivity index (χ4v) is 4.25. The average Bonchev–Trinajstić information content (AvgIpc) is 2.86. The number of hydrogen-bond donors (Lipinski definition) is 1. The Morgan fingerprint density at radius 3 is 2.50 bits per heavy atom. The van der Waals surface area contributed by atoms with E-state index in [0.717, 1.165) is 64.9 Å². The van der Waals surface area contributed by atoms with E-state index in [9.17, 15) is 5.11 Å². The molecule has 1 aliphatic carbocycles. The Bertz CT molecular complexity index is 316. The van der Waals surface area contributed by atoms with Crippen molar-refractivity contribution in [3.05, 3.63) is 0 Å². The van der Waals surface area contributed by atoms with E-state index in [1.807, 2.05) is 0 Å². The van der Waals surface area contributed by atoms with Crippen LogP contribution in [0, 0.1) is 0 Å². The highest BCUT2D eigenvalue weighted by Gasteiger charge is 2.41. The zero-order valence-corrected chi connectivity index (χ0v) is 12.8. The van der Waals surface area contributed by atoms with Gasteiger partial charge in [-0.3, -0.25) is 0 Å². The Balaban J connectivity index is 1.58. The van der Waals surface area contributed by atoms with E-state index in [2.05, 4.69) is 11.9 Å². The molecule has 1 saturated carbocycles. The van der Waals surface area contributed by atoms with Crippen LogP contribution >= 0.6 is 0 Å². The summed E-state index contributed by atoms with van der Waals surface area (Å²) in [6.45, 7) is 3.35. The zero-order chi connectivity index (χ0) is 14.1. The summed E-state index contributed by atoms with van der Waals surface area (Å²) in [5, 5.41) is 10.6. The summed E-state index contributed by atoms with van der Waals surface area (Å²) in [5.74, 6) is 0. The minimum Gasteiger partial charge on any atom is -0.389 e. The van der Waals surface area contributed by atoms with Crippen LogP contribution in [0.4, 0.5) is 0 Å². The molecule has 0 radical (unpaired) electrons. The molecule has 116 valence electrons. The summed E-state index contributed by atoms with van der Waals surface area (Å²) in [7, 11) is 2.18. The van der Waals surface area contributed by atoms with Crippen LogP contribution in [0.15, 0.2) is 0 Å². The minimum absolute atomic E-state index is 0.0493. The van der Waals surface area contributed by atoms with Crippen LogP contribution in [0.3, 0.4) is 0 Å². The molecule has 4 nitrogen and oxygen atoms in total. The van der Waals surface area contributed by atoms with E-state index < -0.39 is 5.60 Å². The highest BCUT2D eigenvalue weighted by atomic mass is 16.5. The molecule has 2 heterocycles. The Morgan fingerprint density at radius 2 is 1.80 bits per heavy atom. The number of hydrogen-bond acceptors (Lipinski definition) is 4. The SMILES string of the molecule is CN(CC1(O)CCCC1)C1CCOC2(CCOCC2)C1. The first-order valence-corrected chi connectivity index (χ1v) is 8.25. The van der Waals surface area contributed by atoms with Crippen molar-refractivity contribution in [1.29, 1.82) is 0 Å². The Kier molecular flexibility index (Phi) is 4.37. The molecule has 0 aromatic rings. The van der Waals surface area contributed by atoms with Crippen molar-refractivity contribution >= 4 is 0 Å². The molecule has 3 aliphatic rings. The van der Waals surface area contributed by atoms with Gasteiger partial charge in [0.1, 0.15) is 0 Å². The molecule has 4 heteroatoms. The van der Waals surface area contributed by atoms with Gasteiger partial charge < -0.3 is 19.5 Å². The number of ether oxygens (including phenoxy) is 2. The normalized spacial score (nSPS) is 32.9. The maximum Gasteiger partial charge on any atom is 0.0774 e. The van der Waals surface area contributed by atoms with Crippen LogP contribution in [0.2, 0.25) is 0 Å². The van der Waals surface area contributed by atoms with E-state index in [1.54, 1.807) is 0 Å². The standard InChI is InChI=1S/C16H29NO3/c1-17(13-15(18)5-2-3-6-15)14-4-9-20-16(12-14)7-10-19-11-8-16/h14,18H,2-13H2,1H3. The lowest BCUT2D eigenvalue weighted by Gasteiger charge is -2.46. The fraction of sp³-hybridized carbons (Fsp3) is 1.00. The minimum atomic E-state index is -0.435. The Hall–Kier alpha value is -0.160. The fourth-order valence-electron chi connectivity index (χ4n) is 4.25. The second-order valence-electron chi connectivity index (χ2n) is 7.14. The molecule has 20 heavy (non-hydrogen) atoms. The maximum absolute atomic E-state index is 10.6. The third-order valence-electron chi connectivity index (χ3n) is 5.57. The summed E-state index contributed by atoms with van der Waals surface area (Å²) >= 11 is 0. The van der Waals surface area contributed by atoms with Crippen LogP contribution in [-0.4, -0.2) is 60.7 Å². The van der Waals surface area contributed by atoms with Gasteiger partial charge in [-0.15, -0.1) is 0 Å². The van der Waals surface area contributed by atoms with Gasteiger partial charge in [0, 0.05) is 32.4 Å². The van der Waals surface area contributed by atoms with E-state index in [4.69, 9.17) is 9.47 Å². The van der Waals surface area contributed by atoms with Crippen molar-refractivity contribution in [3.8, 4) is 0 Å². The van der Waals surface area contributed by atoms with E-state index in [0.29, 0.717) is 6.04 Å². The summed E-state index contributed by atoms with van der Waals surface area (Å²) < 4.78 is 11.6. The molecular weight excluding hydrogens is 254 g/mol. The molecule has 0 aromatic carbocycles. The van der Waals surface area contributed by atoms with Crippen molar-refractivity contribution < 1.29 is 14.6 Å². The largest absolute Gasteiger partial charge is 0.389 e. The highest BCUT2D eigenvalue weighted by molar-refractivity contribution is 4.94. The lowest BCUT2D eigenvalue weighted by Crippen LogP contribution is -2.52. The lowest BCUT2D eigenvalue weighted by atomic mass is 9.83. The third-order valence-corrected chi connectivity index (χ3v) is 5.57. The molecule has 1 atom stereocenters. The van der Waals surface area contributed by atoms with Gasteiger partial charge in [0.05, 0.1) is 11.2 Å². The lowest BCUT2D eigenvalue weighted by molar-refractivity contribution is -0.153. The predicted octanol–water partition coefficient (Wildman–Crippen LogP) is 1.95. The van der Waals surface area contributed by atoms with Crippen LogP contribution in [0.25, 0.3) is 0 Å². The molecule has 1 N–H and O–H groups in total. The van der Waals surface area contributed by atoms with E-state index in [-0.39, 0.29) is 5.60 Å². The van der Waals surface area contributed by atoms with Crippen LogP contribution in [0.1, 0.15) is 51.4 Å². The molecule has 2 aliphatic heterocycles. The molecule has 2 saturated heterocycles. The predicted molar refractivity (Wildman–Crippen MR) is 77.8 cm³/mol. The number of aliphatic hydroxyl groups is 1. The molecule has 0 aromatic heterocycles. The molecule has 1 unspecified atom stereocenters. The zero-order valence-electron chi connectivity index (χ0n) is 12.8. The smallest absolute Gasteiger partial charge is 0.0774 e. The van der Waals surface area contributed by atoms with Crippen molar-refractivity contribution in [1.82, 2.24) is 4.90 Å². The average molecular weight is 283 g/mol. The van der Waals surface area contributed by atoms with Crippen LogP contribution in [0.5, 0.6) is 0 Å². The molecule has 0 bridgehead atoms. The van der Waals surface area contributed by atoms with Gasteiger partial charge in [0.2, 0.25) is 0 Å². The third kappa shape index (κ3) is 3.19. The first-order valence-electron chi connectivity index (χ1n) is 8.25. The molecule has 0 amide bonds. The molecule has 3 fully saturated rings. The van der Waals surface area contributed by atoms with Crippen molar-refractivity contribution in [2.45, 2.75) is 68.6 Å². The Labute approximate surface area is 122 Å². The molecule has 3 rings (SSSR count). The van der Waals surface area contributed by atoms with E-state index in [1.165, 1.54) is 12.8 Å². The summed E-state index contributed by atoms with van der Waals surface area (Å²) in [6, 6.07) is 0.548. The molecular formula is C16H29NO3. The van der Waals surface area contributed by atoms with Crippen LogP contribution in [-0.2, 0) is 9.47 Å². The van der Waals surface area contributed by atoms with Crippen molar-refractivity contribution in [3.63, 3.8) is 0 Å². The molecule has 1 spiro atoms. The van der Waals surface area contributed by atoms with Crippen LogP contribution < -0.4 is 0 Å². The first kappa shape index (κ1) is 14.8. The topological polar surface area (TPSA) is 41.9 Å². The van der Waals surface area contributed by atoms with E-state index >= 15 is 0 Å².